The van der Waals surface area contributed by atoms with E-state index in [1.54, 1.807) is 23.1 Å². The molecule has 2 unspecified atom stereocenters. The van der Waals surface area contributed by atoms with E-state index in [0.717, 1.165) is 47.3 Å². The number of aromatic nitrogens is 1. The average molecular weight is 625 g/mol. The third-order valence-electron chi connectivity index (χ3n) is 8.14. The van der Waals surface area contributed by atoms with Crippen molar-refractivity contribution in [1.29, 1.82) is 0 Å². The van der Waals surface area contributed by atoms with E-state index < -0.39 is 33.8 Å². The lowest BCUT2D eigenvalue weighted by atomic mass is 9.83. The van der Waals surface area contributed by atoms with Crippen LogP contribution >= 0.6 is 23.1 Å². The van der Waals surface area contributed by atoms with Crippen LogP contribution in [-0.2, 0) is 20.9 Å². The monoisotopic (exact) mass is 624 g/mol. The lowest BCUT2D eigenvalue weighted by molar-refractivity contribution is -0.384. The number of ether oxygens (including phenoxy) is 2. The molecule has 0 aliphatic carbocycles. The van der Waals surface area contributed by atoms with Crippen LogP contribution in [0.1, 0.15) is 35.6 Å². The zero-order valence-corrected chi connectivity index (χ0v) is 25.0. The van der Waals surface area contributed by atoms with Crippen molar-refractivity contribution in [2.45, 2.75) is 42.0 Å². The molecule has 0 N–H and O–H groups in total. The normalized spacial score (nSPS) is 21.4. The van der Waals surface area contributed by atoms with Crippen LogP contribution in [0.3, 0.4) is 0 Å². The number of fused-ring (bicyclic) bond motifs is 2. The van der Waals surface area contributed by atoms with Crippen LogP contribution in [-0.4, -0.2) is 64.7 Å². The van der Waals surface area contributed by atoms with Crippen molar-refractivity contribution < 1.29 is 28.8 Å². The Morgan fingerprint density at radius 3 is 2.33 bits per heavy atom. The third kappa shape index (κ3) is 4.97. The minimum Gasteiger partial charge on any atom is -0.493 e. The first-order valence-corrected chi connectivity index (χ1v) is 15.4. The van der Waals surface area contributed by atoms with Gasteiger partial charge in [0.1, 0.15) is 11.8 Å². The third-order valence-corrected chi connectivity index (χ3v) is 10.7. The molecule has 0 radical (unpaired) electrons. The lowest BCUT2D eigenvalue weighted by Crippen LogP contribution is -2.39. The smallest absolute Gasteiger partial charge is 0.308 e. The first-order chi connectivity index (χ1) is 20.7. The van der Waals surface area contributed by atoms with Crippen molar-refractivity contribution in [2.75, 3.05) is 32.2 Å². The number of imide groups is 1. The van der Waals surface area contributed by atoms with Gasteiger partial charge in [0.2, 0.25) is 17.7 Å². The summed E-state index contributed by atoms with van der Waals surface area (Å²) in [6.45, 7) is 1.13. The largest absolute Gasteiger partial charge is 0.493 e. The summed E-state index contributed by atoms with van der Waals surface area (Å²) >= 11 is 2.10. The fraction of sp³-hybridized carbons (Fsp3) is 0.379. The number of non-ortho nitro benzene ring substituents is 1. The van der Waals surface area contributed by atoms with Gasteiger partial charge in [0.15, 0.2) is 11.5 Å². The van der Waals surface area contributed by atoms with Crippen LogP contribution in [0.2, 0.25) is 0 Å². The van der Waals surface area contributed by atoms with E-state index in [2.05, 4.69) is 0 Å². The number of amides is 3. The van der Waals surface area contributed by atoms with E-state index in [9.17, 15) is 29.3 Å². The van der Waals surface area contributed by atoms with E-state index in [1.807, 2.05) is 0 Å². The van der Waals surface area contributed by atoms with E-state index in [1.165, 1.54) is 43.1 Å². The SMILES string of the molecule is COc1ccc([C@H]2c3sc(=O)n(CC(=O)N4CCCCC4)c3SC3C(=O)N(c4ccc([N+](=O)[O-])cc4)C(=O)C32)cc1OC. The molecule has 14 heteroatoms. The molecule has 0 bridgehead atoms. The number of rotatable bonds is 7. The number of hydrogen-bond acceptors (Lipinski definition) is 10. The molecule has 3 atom stereocenters. The highest BCUT2D eigenvalue weighted by Crippen LogP contribution is 2.54. The molecular formula is C29H28N4O8S2. The summed E-state index contributed by atoms with van der Waals surface area (Å²) in [5.41, 5.74) is 0.710. The van der Waals surface area contributed by atoms with Crippen molar-refractivity contribution in [1.82, 2.24) is 9.47 Å². The molecule has 3 aromatic rings. The number of carbonyl (C=O) groups excluding carboxylic acids is 3. The molecule has 1 aromatic heterocycles. The van der Waals surface area contributed by atoms with Crippen LogP contribution in [0, 0.1) is 16.0 Å². The van der Waals surface area contributed by atoms with Gasteiger partial charge in [0, 0.05) is 36.0 Å². The van der Waals surface area contributed by atoms with E-state index in [-0.39, 0.29) is 28.7 Å². The van der Waals surface area contributed by atoms with Crippen molar-refractivity contribution in [3.05, 3.63) is 72.7 Å². The number of thioether (sulfide) groups is 1. The maximum absolute atomic E-state index is 14.1. The molecule has 6 rings (SSSR count). The van der Waals surface area contributed by atoms with E-state index in [0.29, 0.717) is 40.1 Å². The number of likely N-dealkylation sites (tertiary alicyclic amines) is 1. The number of piperidine rings is 1. The summed E-state index contributed by atoms with van der Waals surface area (Å²) < 4.78 is 12.4. The first kappa shape index (κ1) is 28.9. The summed E-state index contributed by atoms with van der Waals surface area (Å²) in [4.78, 5) is 68.3. The molecule has 224 valence electrons. The molecule has 2 fully saturated rings. The van der Waals surface area contributed by atoms with Crippen molar-refractivity contribution >= 4 is 52.2 Å². The molecule has 3 aliphatic heterocycles. The fourth-order valence-electron chi connectivity index (χ4n) is 6.02. The predicted octanol–water partition coefficient (Wildman–Crippen LogP) is 3.64. The summed E-state index contributed by atoms with van der Waals surface area (Å²) in [6, 6.07) is 10.5. The van der Waals surface area contributed by atoms with Crippen molar-refractivity contribution in [2.24, 2.45) is 5.92 Å². The molecule has 3 aliphatic rings. The van der Waals surface area contributed by atoms with Gasteiger partial charge in [-0.3, -0.25) is 33.9 Å². The van der Waals surface area contributed by atoms with Gasteiger partial charge >= 0.3 is 4.87 Å². The van der Waals surface area contributed by atoms with Gasteiger partial charge in [0.05, 0.1) is 35.8 Å². The van der Waals surface area contributed by atoms with Gasteiger partial charge < -0.3 is 14.4 Å². The summed E-state index contributed by atoms with van der Waals surface area (Å²) in [7, 11) is 3.00. The number of carbonyl (C=O) groups is 3. The topological polar surface area (TPSA) is 141 Å². The quantitative estimate of drug-likeness (QED) is 0.219. The number of benzene rings is 2. The maximum Gasteiger partial charge on any atom is 0.308 e. The summed E-state index contributed by atoms with van der Waals surface area (Å²) in [5.74, 6) is -1.78. The number of nitro benzene ring substituents is 1. The van der Waals surface area contributed by atoms with Gasteiger partial charge in [-0.1, -0.05) is 29.2 Å². The van der Waals surface area contributed by atoms with Crippen LogP contribution in [0.5, 0.6) is 11.5 Å². The van der Waals surface area contributed by atoms with Gasteiger partial charge in [-0.05, 0) is 49.1 Å². The van der Waals surface area contributed by atoms with Gasteiger partial charge in [0.25, 0.3) is 5.69 Å². The van der Waals surface area contributed by atoms with E-state index in [4.69, 9.17) is 9.47 Å². The van der Waals surface area contributed by atoms with Gasteiger partial charge in [-0.15, -0.1) is 0 Å². The van der Waals surface area contributed by atoms with Gasteiger partial charge in [-0.2, -0.15) is 0 Å². The zero-order valence-electron chi connectivity index (χ0n) is 23.4. The number of nitro groups is 1. The first-order valence-electron chi connectivity index (χ1n) is 13.8. The molecule has 0 saturated carbocycles. The number of methoxy groups -OCH3 is 2. The molecule has 2 aromatic carbocycles. The highest BCUT2D eigenvalue weighted by atomic mass is 32.2. The Balaban J connectivity index is 1.45. The zero-order chi connectivity index (χ0) is 30.4. The van der Waals surface area contributed by atoms with E-state index >= 15 is 0 Å². The van der Waals surface area contributed by atoms with Crippen LogP contribution in [0.4, 0.5) is 11.4 Å². The Kier molecular flexibility index (Phi) is 7.73. The molecule has 43 heavy (non-hydrogen) atoms. The molecule has 0 spiro atoms. The number of hydrogen-bond donors (Lipinski definition) is 0. The predicted molar refractivity (Wildman–Crippen MR) is 159 cm³/mol. The number of anilines is 1. The Bertz CT molecular complexity index is 1680. The molecule has 12 nitrogen and oxygen atoms in total. The Morgan fingerprint density at radius 2 is 1.67 bits per heavy atom. The molecule has 4 heterocycles. The Labute approximate surface area is 254 Å². The molecule has 3 amide bonds. The highest BCUT2D eigenvalue weighted by Gasteiger charge is 2.57. The second kappa shape index (κ2) is 11.5. The van der Waals surface area contributed by atoms with Crippen molar-refractivity contribution in [3.8, 4) is 11.5 Å². The second-order valence-electron chi connectivity index (χ2n) is 10.5. The van der Waals surface area contributed by atoms with Crippen LogP contribution in [0.15, 0.2) is 52.3 Å². The Hall–Kier alpha value is -4.17. The van der Waals surface area contributed by atoms with Gasteiger partial charge in [-0.25, -0.2) is 4.90 Å². The number of nitrogens with zero attached hydrogens (tertiary/aromatic N) is 4. The van der Waals surface area contributed by atoms with Crippen molar-refractivity contribution in [3.63, 3.8) is 0 Å². The average Bonchev–Trinajstić information content (AvgIpc) is 3.47. The lowest BCUT2D eigenvalue weighted by Gasteiger charge is -2.31. The highest BCUT2D eigenvalue weighted by molar-refractivity contribution is 8.00. The summed E-state index contributed by atoms with van der Waals surface area (Å²) in [6.07, 6.45) is 2.89. The molecule has 2 saturated heterocycles. The van der Waals surface area contributed by atoms with Crippen LogP contribution < -0.4 is 19.2 Å². The second-order valence-corrected chi connectivity index (χ2v) is 12.6. The standard InChI is InChI=1S/C29H28N4O8S2/c1-40-19-11-6-16(14-20(19)41-2)22-23-24(27(36)32(26(23)35)17-7-9-18(10-8-17)33(38)39)42-28-25(22)43-29(37)31(28)15-21(34)30-12-4-3-5-13-30/h6-11,14,22-24H,3-5,12-13,15H2,1-2H3/t22-,23?,24?/m1/s1. The minimum absolute atomic E-state index is 0.151. The molecular weight excluding hydrogens is 596 g/mol. The Morgan fingerprint density at radius 1 is 0.977 bits per heavy atom. The summed E-state index contributed by atoms with van der Waals surface area (Å²) in [5, 5.41) is 10.8. The maximum atomic E-state index is 14.1. The van der Waals surface area contributed by atoms with Crippen LogP contribution in [0.25, 0.3) is 0 Å². The minimum atomic E-state index is -0.890. The number of thiazole rings is 1. The fourth-order valence-corrected chi connectivity index (χ4v) is 8.79.